The molecule has 0 amide bonds. The molecule has 2 atom stereocenters. The minimum atomic E-state index is 0. The maximum atomic E-state index is 2.33. The van der Waals surface area contributed by atoms with Gasteiger partial charge in [0.2, 0.25) is 0 Å². The summed E-state index contributed by atoms with van der Waals surface area (Å²) >= 11 is 0. The van der Waals surface area contributed by atoms with Crippen LogP contribution in [-0.4, -0.2) is 0 Å². The monoisotopic (exact) mass is 178 g/mol. The first-order valence-electron chi connectivity index (χ1n) is 0.333. The molecule has 0 rings (SSSR count). The molecule has 0 heterocycles. The van der Waals surface area contributed by atoms with E-state index in [0.29, 0.717) is 0 Å². The van der Waals surface area contributed by atoms with Gasteiger partial charge in [-0.15, -0.1) is 17.9 Å². The van der Waals surface area contributed by atoms with Gasteiger partial charge in [-0.25, -0.2) is 0 Å². The van der Waals surface area contributed by atoms with Gasteiger partial charge in [-0.1, -0.05) is 0 Å². The van der Waals surface area contributed by atoms with Gasteiger partial charge in [0.1, 0.15) is 0 Å². The van der Waals surface area contributed by atoms with E-state index in [1.165, 1.54) is 0 Å². The standard InChI is InChI=1S/2Fe.H4P2/c;;1-2/h;;1-2H2. The van der Waals surface area contributed by atoms with E-state index < -0.39 is 0 Å². The van der Waals surface area contributed by atoms with Crippen LogP contribution in [0, 0.1) is 0 Å². The summed E-state index contributed by atoms with van der Waals surface area (Å²) in [7, 11) is 4.67. The molecule has 0 N–H and O–H groups in total. The number of hydrogen-bond acceptors (Lipinski definition) is 0. The Bertz CT molecular complexity index is 4.00. The predicted octanol–water partition coefficient (Wildman–Crippen LogP) is 0.647. The minimum absolute atomic E-state index is 0. The summed E-state index contributed by atoms with van der Waals surface area (Å²) in [5.74, 6) is 0. The van der Waals surface area contributed by atoms with Crippen LogP contribution >= 0.6 is 17.9 Å². The van der Waals surface area contributed by atoms with Crippen LogP contribution in [0.5, 0.6) is 0 Å². The quantitative estimate of drug-likeness (QED) is 0.377. The van der Waals surface area contributed by atoms with Crippen molar-refractivity contribution >= 4 is 17.9 Å². The molecule has 4 heavy (non-hydrogen) atoms. The van der Waals surface area contributed by atoms with Crippen molar-refractivity contribution in [2.45, 2.75) is 0 Å². The Balaban J connectivity index is -0.00000000500. The molecule has 0 saturated heterocycles. The summed E-state index contributed by atoms with van der Waals surface area (Å²) in [5.41, 5.74) is 0. The first-order valence-corrected chi connectivity index (χ1v) is 3.00. The third kappa shape index (κ3) is 9.09. The Morgan fingerprint density at radius 1 is 0.750 bits per heavy atom. The van der Waals surface area contributed by atoms with E-state index in [0.717, 1.165) is 0 Å². The molecule has 0 nitrogen and oxygen atoms in total. The molecule has 0 bridgehead atoms. The maximum Gasteiger partial charge on any atom is 0 e. The van der Waals surface area contributed by atoms with Gasteiger partial charge in [-0.05, 0) is 0 Å². The van der Waals surface area contributed by atoms with Crippen LogP contribution < -0.4 is 0 Å². The molecule has 4 heteroatoms. The molecule has 0 fully saturated rings. The summed E-state index contributed by atoms with van der Waals surface area (Å²) in [6.07, 6.45) is 0. The Morgan fingerprint density at radius 3 is 0.750 bits per heavy atom. The molecule has 0 aliphatic heterocycles. The molecule has 0 spiro atoms. The van der Waals surface area contributed by atoms with Crippen LogP contribution in [-0.2, 0) is 34.1 Å². The SMILES string of the molecule is PP.[Fe].[Fe]. The maximum absolute atomic E-state index is 2.33. The third-order valence-corrected chi connectivity index (χ3v) is 0. The van der Waals surface area contributed by atoms with Crippen molar-refractivity contribution in [3.63, 3.8) is 0 Å². The Hall–Kier alpha value is 1.90. The molecule has 30 valence electrons. The van der Waals surface area contributed by atoms with Crippen molar-refractivity contribution in [1.29, 1.82) is 0 Å². The fourth-order valence-electron chi connectivity index (χ4n) is 0. The zero-order valence-corrected chi connectivity index (χ0v) is 6.38. The minimum Gasteiger partial charge on any atom is -0.118 e. The van der Waals surface area contributed by atoms with E-state index in [9.17, 15) is 0 Å². The van der Waals surface area contributed by atoms with E-state index in [-0.39, 0.29) is 34.1 Å². The molecule has 0 saturated carbocycles. The predicted molar refractivity (Wildman–Crippen MR) is 19.4 cm³/mol. The largest absolute Gasteiger partial charge is 0.118 e. The van der Waals surface area contributed by atoms with Crippen LogP contribution in [0.25, 0.3) is 0 Å². The van der Waals surface area contributed by atoms with Crippen LogP contribution in [0.1, 0.15) is 0 Å². The van der Waals surface area contributed by atoms with Crippen molar-refractivity contribution in [2.24, 2.45) is 0 Å². The van der Waals surface area contributed by atoms with Crippen molar-refractivity contribution in [1.82, 2.24) is 0 Å². The molecule has 0 aromatic carbocycles. The van der Waals surface area contributed by atoms with E-state index in [1.54, 1.807) is 0 Å². The van der Waals surface area contributed by atoms with Gasteiger partial charge >= 0.3 is 0 Å². The summed E-state index contributed by atoms with van der Waals surface area (Å²) in [6.45, 7) is 0. The second-order valence-corrected chi connectivity index (χ2v) is 0. The van der Waals surface area contributed by atoms with Gasteiger partial charge in [0, 0.05) is 34.1 Å². The van der Waals surface area contributed by atoms with E-state index in [2.05, 4.69) is 17.9 Å². The molecule has 2 unspecified atom stereocenters. The van der Waals surface area contributed by atoms with Crippen molar-refractivity contribution in [3.05, 3.63) is 0 Å². The number of hydrogen-bond donors (Lipinski definition) is 0. The van der Waals surface area contributed by atoms with Gasteiger partial charge in [0.15, 0.2) is 0 Å². The van der Waals surface area contributed by atoms with Gasteiger partial charge in [0.25, 0.3) is 0 Å². The zero-order valence-electron chi connectivity index (χ0n) is 1.86. The second kappa shape index (κ2) is 20.7. The molecular formula is H4Fe2P2. The first kappa shape index (κ1) is 16.8. The first-order chi connectivity index (χ1) is 1.00. The molecule has 0 aliphatic rings. The topological polar surface area (TPSA) is 0 Å². The molecule has 0 aliphatic carbocycles. The van der Waals surface area contributed by atoms with Crippen LogP contribution in [0.15, 0.2) is 0 Å². The van der Waals surface area contributed by atoms with Crippen molar-refractivity contribution in [2.75, 3.05) is 0 Å². The molecule has 0 aromatic heterocycles. The van der Waals surface area contributed by atoms with E-state index in [4.69, 9.17) is 0 Å². The summed E-state index contributed by atoms with van der Waals surface area (Å²) in [4.78, 5) is 0. The van der Waals surface area contributed by atoms with Crippen LogP contribution in [0.3, 0.4) is 0 Å². The van der Waals surface area contributed by atoms with Gasteiger partial charge in [-0.2, -0.15) is 0 Å². The van der Waals surface area contributed by atoms with Crippen molar-refractivity contribution < 1.29 is 34.1 Å². The fourth-order valence-corrected chi connectivity index (χ4v) is 0. The van der Waals surface area contributed by atoms with Crippen molar-refractivity contribution in [3.8, 4) is 0 Å². The zero-order chi connectivity index (χ0) is 2.00. The van der Waals surface area contributed by atoms with Gasteiger partial charge in [-0.3, -0.25) is 0 Å². The Kier molecular flexibility index (Phi) is 87.0. The van der Waals surface area contributed by atoms with Crippen LogP contribution in [0.2, 0.25) is 0 Å². The normalized spacial score (nSPS) is 1.50. The Labute approximate surface area is 52.1 Å². The average Bonchev–Trinajstić information content (AvgIpc) is 1.00. The van der Waals surface area contributed by atoms with E-state index >= 15 is 0 Å². The molecule has 0 aromatic rings. The molecular weight excluding hydrogens is 174 g/mol. The van der Waals surface area contributed by atoms with Gasteiger partial charge in [0.05, 0.1) is 0 Å². The summed E-state index contributed by atoms with van der Waals surface area (Å²) in [6, 6.07) is 0. The molecule has 0 radical (unpaired) electrons. The van der Waals surface area contributed by atoms with Gasteiger partial charge < -0.3 is 0 Å². The number of rotatable bonds is 0. The summed E-state index contributed by atoms with van der Waals surface area (Å²) in [5, 5.41) is 0. The summed E-state index contributed by atoms with van der Waals surface area (Å²) < 4.78 is 0. The van der Waals surface area contributed by atoms with E-state index in [1.807, 2.05) is 0 Å². The smallest absolute Gasteiger partial charge is 0 e. The Morgan fingerprint density at radius 2 is 0.750 bits per heavy atom. The van der Waals surface area contributed by atoms with Crippen LogP contribution in [0.4, 0.5) is 0 Å². The fraction of sp³-hybridized carbons (Fsp3) is 0. The average molecular weight is 178 g/mol. The third-order valence-electron chi connectivity index (χ3n) is 0. The second-order valence-electron chi connectivity index (χ2n) is 0.